The Morgan fingerprint density at radius 1 is 1.00 bits per heavy atom. The summed E-state index contributed by atoms with van der Waals surface area (Å²) < 4.78 is 15.4. The third-order valence-electron chi connectivity index (χ3n) is 5.35. The van der Waals surface area contributed by atoms with Crippen LogP contribution in [-0.2, 0) is 16.1 Å². The minimum absolute atomic E-state index is 0.121. The Bertz CT molecular complexity index is 1080. The molecule has 0 spiro atoms. The summed E-state index contributed by atoms with van der Waals surface area (Å²) in [6.45, 7) is 5.95. The van der Waals surface area contributed by atoms with Gasteiger partial charge in [0.05, 0.1) is 25.3 Å². The highest BCUT2D eigenvalue weighted by Gasteiger charge is 2.19. The van der Waals surface area contributed by atoms with E-state index in [1.165, 1.54) is 20.3 Å². The molecule has 6 heteroatoms. The van der Waals surface area contributed by atoms with Crippen molar-refractivity contribution < 1.29 is 28.9 Å². The summed E-state index contributed by atoms with van der Waals surface area (Å²) in [6, 6.07) is 12.3. The number of allylic oxidation sites excluding steroid dienone is 2. The Hall–Kier alpha value is -3.56. The van der Waals surface area contributed by atoms with Gasteiger partial charge in [-0.05, 0) is 66.8 Å². The smallest absolute Gasteiger partial charge is 0.338 e. The quantitative estimate of drug-likeness (QED) is 0.460. The van der Waals surface area contributed by atoms with Gasteiger partial charge >= 0.3 is 11.9 Å². The van der Waals surface area contributed by atoms with E-state index in [4.69, 9.17) is 14.2 Å². The molecule has 0 radical (unpaired) electrons. The average molecular weight is 451 g/mol. The molecule has 174 valence electrons. The third kappa shape index (κ3) is 6.96. The van der Waals surface area contributed by atoms with Crippen molar-refractivity contribution in [3.63, 3.8) is 0 Å². The van der Waals surface area contributed by atoms with Crippen molar-refractivity contribution in [1.82, 2.24) is 0 Å². The van der Waals surface area contributed by atoms with Crippen LogP contribution in [0.25, 0.3) is 5.57 Å². The second-order valence-corrected chi connectivity index (χ2v) is 7.51. The first-order valence-electron chi connectivity index (χ1n) is 10.7. The van der Waals surface area contributed by atoms with Gasteiger partial charge in [-0.25, -0.2) is 9.59 Å². The fourth-order valence-corrected chi connectivity index (χ4v) is 3.03. The lowest BCUT2D eigenvalue weighted by Crippen LogP contribution is -2.23. The molecule has 2 aromatic rings. The molecule has 0 unspecified atom stereocenters. The van der Waals surface area contributed by atoms with Crippen LogP contribution in [0.4, 0.5) is 0 Å². The second kappa shape index (κ2) is 11.9. The monoisotopic (exact) mass is 450 g/mol. The van der Waals surface area contributed by atoms with Gasteiger partial charge in [-0.15, -0.1) is 0 Å². The van der Waals surface area contributed by atoms with Crippen LogP contribution in [0.3, 0.4) is 0 Å². The van der Waals surface area contributed by atoms with Gasteiger partial charge < -0.3 is 19.3 Å². The Labute approximate surface area is 195 Å². The lowest BCUT2D eigenvalue weighted by atomic mass is 9.98. The van der Waals surface area contributed by atoms with Crippen LogP contribution < -0.4 is 4.74 Å². The molecule has 0 saturated carbocycles. The van der Waals surface area contributed by atoms with Crippen molar-refractivity contribution in [2.45, 2.75) is 45.8 Å². The van der Waals surface area contributed by atoms with Gasteiger partial charge in [0, 0.05) is 0 Å². The number of hydrogen-bond donors (Lipinski definition) is 1. The largest absolute Gasteiger partial charge is 0.489 e. The van der Waals surface area contributed by atoms with Gasteiger partial charge in [-0.3, -0.25) is 0 Å². The maximum Gasteiger partial charge on any atom is 0.338 e. The van der Waals surface area contributed by atoms with Crippen molar-refractivity contribution in [3.8, 4) is 17.6 Å². The van der Waals surface area contributed by atoms with Gasteiger partial charge in [0.25, 0.3) is 0 Å². The van der Waals surface area contributed by atoms with E-state index in [9.17, 15) is 14.7 Å². The van der Waals surface area contributed by atoms with Crippen LogP contribution in [0, 0.1) is 11.8 Å². The zero-order chi connectivity index (χ0) is 24.4. The number of benzene rings is 2. The Morgan fingerprint density at radius 2 is 1.67 bits per heavy atom. The van der Waals surface area contributed by atoms with Crippen LogP contribution >= 0.6 is 0 Å². The van der Waals surface area contributed by atoms with Crippen molar-refractivity contribution in [3.05, 3.63) is 70.8 Å². The summed E-state index contributed by atoms with van der Waals surface area (Å²) in [5.74, 6) is 5.28. The average Bonchev–Trinajstić information content (AvgIpc) is 2.86. The summed E-state index contributed by atoms with van der Waals surface area (Å²) >= 11 is 0. The SMILES string of the molecule is CCC(O)(C#CC=C(C)c1cccc(OCc2ccc(C(=O)OC)c(C(=O)OC)c2)c1)CC. The standard InChI is InChI=1S/C27H30O6/c1-6-27(30,7-2)15-9-10-19(3)21-11-8-12-22(17-21)33-18-20-13-14-23(25(28)31-4)24(16-20)26(29)32-5/h8,10-14,16-17,30H,6-7,18H2,1-5H3. The molecule has 2 rings (SSSR count). The summed E-state index contributed by atoms with van der Waals surface area (Å²) in [5.41, 5.74) is 1.87. The predicted octanol–water partition coefficient (Wildman–Crippen LogP) is 4.80. The second-order valence-electron chi connectivity index (χ2n) is 7.51. The summed E-state index contributed by atoms with van der Waals surface area (Å²) in [6.07, 6.45) is 2.93. The van der Waals surface area contributed by atoms with Crippen LogP contribution in [0.15, 0.2) is 48.5 Å². The fraction of sp³-hybridized carbons (Fsp3) is 0.333. The van der Waals surface area contributed by atoms with E-state index in [1.54, 1.807) is 18.2 Å². The lowest BCUT2D eigenvalue weighted by Gasteiger charge is -2.16. The van der Waals surface area contributed by atoms with Gasteiger partial charge in [0.2, 0.25) is 0 Å². The maximum absolute atomic E-state index is 12.1. The Kier molecular flexibility index (Phi) is 9.26. The first kappa shape index (κ1) is 25.7. The van der Waals surface area contributed by atoms with E-state index in [0.717, 1.165) is 11.1 Å². The summed E-state index contributed by atoms with van der Waals surface area (Å²) in [5, 5.41) is 10.3. The molecule has 0 saturated heterocycles. The van der Waals surface area contributed by atoms with Crippen LogP contribution in [0.5, 0.6) is 5.75 Å². The molecule has 0 fully saturated rings. The first-order chi connectivity index (χ1) is 15.8. The van der Waals surface area contributed by atoms with Crippen molar-refractivity contribution in [2.75, 3.05) is 14.2 Å². The number of aliphatic hydroxyl groups is 1. The van der Waals surface area contributed by atoms with E-state index in [1.807, 2.05) is 45.0 Å². The summed E-state index contributed by atoms with van der Waals surface area (Å²) in [4.78, 5) is 24.0. The van der Waals surface area contributed by atoms with E-state index in [-0.39, 0.29) is 17.7 Å². The topological polar surface area (TPSA) is 82.1 Å². The Balaban J connectivity index is 2.18. The molecular weight excluding hydrogens is 420 g/mol. The zero-order valence-corrected chi connectivity index (χ0v) is 19.7. The summed E-state index contributed by atoms with van der Waals surface area (Å²) in [7, 11) is 2.51. The van der Waals surface area contributed by atoms with Crippen LogP contribution in [0.2, 0.25) is 0 Å². The third-order valence-corrected chi connectivity index (χ3v) is 5.35. The van der Waals surface area contributed by atoms with Gasteiger partial charge in [-0.2, -0.15) is 0 Å². The van der Waals surface area contributed by atoms with Gasteiger partial charge in [0.15, 0.2) is 0 Å². The van der Waals surface area contributed by atoms with Crippen LogP contribution in [0.1, 0.15) is 65.5 Å². The highest BCUT2D eigenvalue weighted by atomic mass is 16.5. The fourth-order valence-electron chi connectivity index (χ4n) is 3.03. The predicted molar refractivity (Wildman–Crippen MR) is 127 cm³/mol. The zero-order valence-electron chi connectivity index (χ0n) is 19.7. The van der Waals surface area contributed by atoms with Crippen molar-refractivity contribution in [2.24, 2.45) is 0 Å². The molecular formula is C27H30O6. The Morgan fingerprint density at radius 3 is 2.30 bits per heavy atom. The van der Waals surface area contributed by atoms with E-state index in [2.05, 4.69) is 11.8 Å². The molecule has 6 nitrogen and oxygen atoms in total. The van der Waals surface area contributed by atoms with E-state index < -0.39 is 17.5 Å². The highest BCUT2D eigenvalue weighted by Crippen LogP contribution is 2.22. The molecule has 0 bridgehead atoms. The molecule has 0 atom stereocenters. The van der Waals surface area contributed by atoms with Crippen LogP contribution in [-0.4, -0.2) is 36.9 Å². The molecule has 0 aliphatic rings. The van der Waals surface area contributed by atoms with Gasteiger partial charge in [-0.1, -0.05) is 43.9 Å². The molecule has 0 amide bonds. The highest BCUT2D eigenvalue weighted by molar-refractivity contribution is 6.03. The minimum atomic E-state index is -0.964. The van der Waals surface area contributed by atoms with Gasteiger partial charge in [0.1, 0.15) is 18.0 Å². The molecule has 33 heavy (non-hydrogen) atoms. The van der Waals surface area contributed by atoms with Crippen molar-refractivity contribution in [1.29, 1.82) is 0 Å². The minimum Gasteiger partial charge on any atom is -0.489 e. The number of ether oxygens (including phenoxy) is 3. The number of carbonyl (C=O) groups excluding carboxylic acids is 2. The molecule has 0 aliphatic heterocycles. The molecule has 0 aromatic heterocycles. The number of methoxy groups -OCH3 is 2. The number of carbonyl (C=O) groups is 2. The number of esters is 2. The molecule has 1 N–H and O–H groups in total. The number of hydrogen-bond acceptors (Lipinski definition) is 6. The molecule has 2 aromatic carbocycles. The normalized spacial score (nSPS) is 11.3. The maximum atomic E-state index is 12.1. The van der Waals surface area contributed by atoms with Crippen molar-refractivity contribution >= 4 is 17.5 Å². The van der Waals surface area contributed by atoms with E-state index in [0.29, 0.717) is 24.2 Å². The lowest BCUT2D eigenvalue weighted by molar-refractivity contribution is 0.0555. The number of rotatable bonds is 8. The first-order valence-corrected chi connectivity index (χ1v) is 10.7. The van der Waals surface area contributed by atoms with E-state index >= 15 is 0 Å². The molecule has 0 aliphatic carbocycles. The molecule has 0 heterocycles.